The van der Waals surface area contributed by atoms with Gasteiger partial charge in [-0.05, 0) is 30.0 Å². The summed E-state index contributed by atoms with van der Waals surface area (Å²) in [4.78, 5) is 23.1. The maximum Gasteiger partial charge on any atom is 0.305 e. The van der Waals surface area contributed by atoms with Gasteiger partial charge in [-0.1, -0.05) is 32.4 Å². The standard InChI is InChI=1S/C15H21ClN2O3/c1-15(2,3)8-12(7-13(19)20)18-14(21)9-4-10(16)6-11(17)5-9/h4-6,12H,7-8,17H2,1-3H3,(H,18,21)(H,19,20). The molecule has 0 aliphatic heterocycles. The number of amides is 1. The van der Waals surface area contributed by atoms with Gasteiger partial charge in [-0.2, -0.15) is 0 Å². The van der Waals surface area contributed by atoms with E-state index in [-0.39, 0.29) is 17.7 Å². The number of nitrogens with one attached hydrogen (secondary N) is 1. The molecule has 0 saturated carbocycles. The number of halogens is 1. The number of carbonyl (C=O) groups is 2. The molecular weight excluding hydrogens is 292 g/mol. The zero-order valence-electron chi connectivity index (χ0n) is 12.4. The van der Waals surface area contributed by atoms with Gasteiger partial charge in [-0.25, -0.2) is 0 Å². The van der Waals surface area contributed by atoms with Crippen LogP contribution >= 0.6 is 11.6 Å². The van der Waals surface area contributed by atoms with E-state index in [2.05, 4.69) is 5.32 Å². The summed E-state index contributed by atoms with van der Waals surface area (Å²) in [7, 11) is 0. The van der Waals surface area contributed by atoms with Gasteiger partial charge in [0.1, 0.15) is 0 Å². The molecule has 1 unspecified atom stereocenters. The van der Waals surface area contributed by atoms with Crippen molar-refractivity contribution < 1.29 is 14.7 Å². The Morgan fingerprint density at radius 1 is 1.33 bits per heavy atom. The molecule has 1 rings (SSSR count). The fraction of sp³-hybridized carbons (Fsp3) is 0.467. The molecule has 1 amide bonds. The molecule has 21 heavy (non-hydrogen) atoms. The highest BCUT2D eigenvalue weighted by Crippen LogP contribution is 2.23. The highest BCUT2D eigenvalue weighted by molar-refractivity contribution is 6.31. The van der Waals surface area contributed by atoms with Crippen molar-refractivity contribution >= 4 is 29.2 Å². The van der Waals surface area contributed by atoms with Crippen molar-refractivity contribution in [3.8, 4) is 0 Å². The molecule has 0 fully saturated rings. The Bertz CT molecular complexity index is 518. The van der Waals surface area contributed by atoms with E-state index < -0.39 is 12.0 Å². The lowest BCUT2D eigenvalue weighted by molar-refractivity contribution is -0.137. The predicted molar refractivity (Wildman–Crippen MR) is 83.4 cm³/mol. The van der Waals surface area contributed by atoms with Gasteiger partial charge in [0.2, 0.25) is 0 Å². The zero-order valence-corrected chi connectivity index (χ0v) is 13.2. The lowest BCUT2D eigenvalue weighted by atomic mass is 9.87. The fourth-order valence-corrected chi connectivity index (χ4v) is 2.38. The normalized spacial score (nSPS) is 12.8. The summed E-state index contributed by atoms with van der Waals surface area (Å²) >= 11 is 5.87. The maximum atomic E-state index is 12.2. The van der Waals surface area contributed by atoms with Crippen LogP contribution in [0, 0.1) is 5.41 Å². The second kappa shape index (κ2) is 6.80. The first-order chi connectivity index (χ1) is 9.56. The number of nitrogens with two attached hydrogens (primary N) is 1. The average Bonchev–Trinajstić information content (AvgIpc) is 2.23. The highest BCUT2D eigenvalue weighted by Gasteiger charge is 2.23. The molecule has 4 N–H and O–H groups in total. The van der Waals surface area contributed by atoms with Crippen LogP contribution < -0.4 is 11.1 Å². The number of nitrogen functional groups attached to an aromatic ring is 1. The molecule has 0 bridgehead atoms. The van der Waals surface area contributed by atoms with Gasteiger partial charge in [0, 0.05) is 22.3 Å². The van der Waals surface area contributed by atoms with Crippen molar-refractivity contribution in [1.82, 2.24) is 5.32 Å². The van der Waals surface area contributed by atoms with Crippen molar-refractivity contribution in [3.05, 3.63) is 28.8 Å². The zero-order chi connectivity index (χ0) is 16.2. The largest absolute Gasteiger partial charge is 0.481 e. The van der Waals surface area contributed by atoms with Crippen LogP contribution in [-0.2, 0) is 4.79 Å². The Balaban J connectivity index is 2.86. The minimum absolute atomic E-state index is 0.0965. The van der Waals surface area contributed by atoms with Crippen molar-refractivity contribution in [2.75, 3.05) is 5.73 Å². The van der Waals surface area contributed by atoms with Crippen LogP contribution in [-0.4, -0.2) is 23.0 Å². The van der Waals surface area contributed by atoms with Crippen molar-refractivity contribution in [1.29, 1.82) is 0 Å². The third kappa shape index (κ3) is 6.49. The first kappa shape index (κ1) is 17.3. The van der Waals surface area contributed by atoms with E-state index in [9.17, 15) is 9.59 Å². The number of benzene rings is 1. The molecule has 116 valence electrons. The second-order valence-corrected chi connectivity index (χ2v) is 6.74. The van der Waals surface area contributed by atoms with E-state index in [1.165, 1.54) is 12.1 Å². The third-order valence-corrected chi connectivity index (χ3v) is 3.02. The van der Waals surface area contributed by atoms with Gasteiger partial charge in [0.15, 0.2) is 0 Å². The van der Waals surface area contributed by atoms with Crippen LogP contribution in [0.1, 0.15) is 44.0 Å². The van der Waals surface area contributed by atoms with Crippen LogP contribution in [0.2, 0.25) is 5.02 Å². The number of aliphatic carboxylic acids is 1. The van der Waals surface area contributed by atoms with E-state index in [0.717, 1.165) is 0 Å². The van der Waals surface area contributed by atoms with E-state index >= 15 is 0 Å². The van der Waals surface area contributed by atoms with Gasteiger partial charge < -0.3 is 16.2 Å². The quantitative estimate of drug-likeness (QED) is 0.729. The number of hydrogen-bond acceptors (Lipinski definition) is 3. The molecule has 0 radical (unpaired) electrons. The minimum atomic E-state index is -0.949. The molecule has 1 aromatic carbocycles. The molecule has 5 nitrogen and oxygen atoms in total. The maximum absolute atomic E-state index is 12.2. The summed E-state index contributed by atoms with van der Waals surface area (Å²) in [6.07, 6.45) is 0.431. The molecule has 0 heterocycles. The average molecular weight is 313 g/mol. The first-order valence-electron chi connectivity index (χ1n) is 6.65. The van der Waals surface area contributed by atoms with Crippen molar-refractivity contribution in [2.24, 2.45) is 5.41 Å². The Morgan fingerprint density at radius 2 is 1.95 bits per heavy atom. The molecule has 1 atom stereocenters. The fourth-order valence-electron chi connectivity index (χ4n) is 2.14. The van der Waals surface area contributed by atoms with Crippen LogP contribution in [0.15, 0.2) is 18.2 Å². The Hall–Kier alpha value is -1.75. The summed E-state index contributed by atoms with van der Waals surface area (Å²) < 4.78 is 0. The molecule has 6 heteroatoms. The number of hydrogen-bond donors (Lipinski definition) is 3. The SMILES string of the molecule is CC(C)(C)CC(CC(=O)O)NC(=O)c1cc(N)cc(Cl)c1. The Morgan fingerprint density at radius 3 is 2.43 bits per heavy atom. The van der Waals surface area contributed by atoms with Gasteiger partial charge in [-0.15, -0.1) is 0 Å². The van der Waals surface area contributed by atoms with Crippen LogP contribution in [0.5, 0.6) is 0 Å². The van der Waals surface area contributed by atoms with Gasteiger partial charge in [0.25, 0.3) is 5.91 Å². The second-order valence-electron chi connectivity index (χ2n) is 6.31. The molecule has 1 aromatic rings. The summed E-state index contributed by atoms with van der Waals surface area (Å²) in [6.45, 7) is 5.97. The number of carbonyl (C=O) groups excluding carboxylic acids is 1. The Labute approximate surface area is 129 Å². The minimum Gasteiger partial charge on any atom is -0.481 e. The van der Waals surface area contributed by atoms with E-state index in [0.29, 0.717) is 22.7 Å². The van der Waals surface area contributed by atoms with E-state index in [1.54, 1.807) is 6.07 Å². The molecule has 0 aliphatic carbocycles. The third-order valence-electron chi connectivity index (χ3n) is 2.80. The topological polar surface area (TPSA) is 92.4 Å². The lowest BCUT2D eigenvalue weighted by Crippen LogP contribution is -2.39. The Kier molecular flexibility index (Phi) is 5.61. The number of rotatable bonds is 5. The molecule has 0 aromatic heterocycles. The summed E-state index contributed by atoms with van der Waals surface area (Å²) in [6, 6.07) is 4.11. The van der Waals surface area contributed by atoms with Crippen LogP contribution in [0.3, 0.4) is 0 Å². The lowest BCUT2D eigenvalue weighted by Gasteiger charge is -2.26. The highest BCUT2D eigenvalue weighted by atomic mass is 35.5. The van der Waals surface area contributed by atoms with Crippen LogP contribution in [0.4, 0.5) is 5.69 Å². The smallest absolute Gasteiger partial charge is 0.305 e. The predicted octanol–water partition coefficient (Wildman–Crippen LogP) is 2.93. The van der Waals surface area contributed by atoms with E-state index in [1.807, 2.05) is 20.8 Å². The number of anilines is 1. The van der Waals surface area contributed by atoms with Gasteiger partial charge in [0.05, 0.1) is 6.42 Å². The monoisotopic (exact) mass is 312 g/mol. The summed E-state index contributed by atoms with van der Waals surface area (Å²) in [5.74, 6) is -1.32. The number of carboxylic acid groups (broad SMARTS) is 1. The molecule has 0 spiro atoms. The molecule has 0 saturated heterocycles. The number of carboxylic acids is 1. The van der Waals surface area contributed by atoms with Gasteiger partial charge >= 0.3 is 5.97 Å². The van der Waals surface area contributed by atoms with E-state index in [4.69, 9.17) is 22.4 Å². The molecular formula is C15H21ClN2O3. The first-order valence-corrected chi connectivity index (χ1v) is 7.03. The summed E-state index contributed by atoms with van der Waals surface area (Å²) in [5, 5.41) is 12.1. The van der Waals surface area contributed by atoms with Crippen LogP contribution in [0.25, 0.3) is 0 Å². The van der Waals surface area contributed by atoms with Crippen molar-refractivity contribution in [3.63, 3.8) is 0 Å². The molecule has 0 aliphatic rings. The van der Waals surface area contributed by atoms with Crippen molar-refractivity contribution in [2.45, 2.75) is 39.7 Å². The van der Waals surface area contributed by atoms with Gasteiger partial charge in [-0.3, -0.25) is 9.59 Å². The summed E-state index contributed by atoms with van der Waals surface area (Å²) in [5.41, 5.74) is 6.27.